The lowest BCUT2D eigenvalue weighted by Gasteiger charge is -2.20. The minimum Gasteiger partial charge on any atom is -0.332 e. The Labute approximate surface area is 246 Å². The SMILES string of the molecule is Cc1ccc2c(-c3nnc(SCCCN4CCc5cc6c(cc5CC4)C(=O)N(C(C)C)C6)n3C)cccc2n1.Cl. The van der Waals surface area contributed by atoms with Crippen molar-refractivity contribution in [3.63, 3.8) is 0 Å². The minimum atomic E-state index is 0. The highest BCUT2D eigenvalue weighted by Crippen LogP contribution is 2.31. The highest BCUT2D eigenvalue weighted by atomic mass is 35.5. The van der Waals surface area contributed by atoms with E-state index in [2.05, 4.69) is 62.8 Å². The highest BCUT2D eigenvalue weighted by molar-refractivity contribution is 7.99. The largest absolute Gasteiger partial charge is 0.332 e. The number of pyridine rings is 1. The third kappa shape index (κ3) is 5.49. The van der Waals surface area contributed by atoms with Crippen LogP contribution in [0.25, 0.3) is 22.3 Å². The molecule has 0 aliphatic carbocycles. The van der Waals surface area contributed by atoms with Crippen LogP contribution >= 0.6 is 24.2 Å². The summed E-state index contributed by atoms with van der Waals surface area (Å²) in [5.74, 6) is 2.07. The predicted octanol–water partition coefficient (Wildman–Crippen LogP) is 5.71. The number of nitrogens with zero attached hydrogens (tertiary/aromatic N) is 6. The molecule has 2 aromatic carbocycles. The molecule has 2 aliphatic rings. The number of aromatic nitrogens is 4. The van der Waals surface area contributed by atoms with Gasteiger partial charge in [-0.15, -0.1) is 22.6 Å². The summed E-state index contributed by atoms with van der Waals surface area (Å²) in [5.41, 5.74) is 7.97. The second-order valence-corrected chi connectivity index (χ2v) is 12.1. The van der Waals surface area contributed by atoms with Crippen LogP contribution in [0, 0.1) is 6.92 Å². The van der Waals surface area contributed by atoms with E-state index in [-0.39, 0.29) is 24.4 Å². The standard InChI is InChI=1S/C31H36N6OS.ClH/c1-20(2)37-19-24-17-22-11-14-36(15-12-23(22)18-27(24)30(37)38)13-6-16-39-31-34-33-29(35(31)4)26-7-5-8-28-25(26)10-9-21(3)32-28;/h5,7-10,17-18,20H,6,11-16,19H2,1-4H3;1H. The summed E-state index contributed by atoms with van der Waals surface area (Å²) in [4.78, 5) is 22.1. The minimum absolute atomic E-state index is 0. The Bertz CT molecular complexity index is 1550. The fourth-order valence-electron chi connectivity index (χ4n) is 5.83. The molecule has 0 unspecified atom stereocenters. The van der Waals surface area contributed by atoms with Crippen LogP contribution in [-0.4, -0.2) is 66.9 Å². The summed E-state index contributed by atoms with van der Waals surface area (Å²) in [7, 11) is 2.05. The van der Waals surface area contributed by atoms with Crippen molar-refractivity contribution in [1.29, 1.82) is 0 Å². The van der Waals surface area contributed by atoms with Gasteiger partial charge in [0.15, 0.2) is 11.0 Å². The maximum absolute atomic E-state index is 12.8. The third-order valence-corrected chi connectivity index (χ3v) is 9.18. The van der Waals surface area contributed by atoms with Gasteiger partial charge in [0.2, 0.25) is 0 Å². The van der Waals surface area contributed by atoms with Gasteiger partial charge in [-0.05, 0) is 81.5 Å². The van der Waals surface area contributed by atoms with Gasteiger partial charge in [-0.3, -0.25) is 9.78 Å². The number of rotatable bonds is 7. The van der Waals surface area contributed by atoms with Gasteiger partial charge in [-0.1, -0.05) is 36.0 Å². The zero-order valence-corrected chi connectivity index (χ0v) is 25.3. The van der Waals surface area contributed by atoms with Crippen LogP contribution in [0.4, 0.5) is 0 Å². The lowest BCUT2D eigenvalue weighted by molar-refractivity contribution is 0.0730. The van der Waals surface area contributed by atoms with E-state index in [0.717, 1.165) is 89.9 Å². The molecule has 4 heterocycles. The molecule has 0 saturated carbocycles. The van der Waals surface area contributed by atoms with Crippen molar-refractivity contribution >= 4 is 41.0 Å². The number of hydrogen-bond donors (Lipinski definition) is 0. The van der Waals surface area contributed by atoms with Crippen LogP contribution < -0.4 is 0 Å². The summed E-state index contributed by atoms with van der Waals surface area (Å²) in [6.07, 6.45) is 3.16. The van der Waals surface area contributed by atoms with Gasteiger partial charge in [-0.25, -0.2) is 0 Å². The second kappa shape index (κ2) is 11.9. The molecule has 0 N–H and O–H groups in total. The zero-order valence-electron chi connectivity index (χ0n) is 23.7. The molecule has 9 heteroatoms. The molecule has 4 aromatic rings. The Morgan fingerprint density at radius 2 is 1.75 bits per heavy atom. The maximum atomic E-state index is 12.8. The summed E-state index contributed by atoms with van der Waals surface area (Å²) in [6, 6.07) is 15.1. The van der Waals surface area contributed by atoms with Crippen LogP contribution in [0.2, 0.25) is 0 Å². The Balaban J connectivity index is 0.00000323. The monoisotopic (exact) mass is 576 g/mol. The lowest BCUT2D eigenvalue weighted by atomic mass is 9.97. The van der Waals surface area contributed by atoms with Gasteiger partial charge in [-0.2, -0.15) is 0 Å². The maximum Gasteiger partial charge on any atom is 0.254 e. The van der Waals surface area contributed by atoms with Crippen molar-refractivity contribution in [3.8, 4) is 11.4 Å². The molecule has 40 heavy (non-hydrogen) atoms. The van der Waals surface area contributed by atoms with Crippen molar-refractivity contribution in [2.24, 2.45) is 7.05 Å². The van der Waals surface area contributed by atoms with Gasteiger partial charge >= 0.3 is 0 Å². The average molecular weight is 577 g/mol. The molecule has 7 nitrogen and oxygen atoms in total. The van der Waals surface area contributed by atoms with E-state index in [1.54, 1.807) is 11.8 Å². The van der Waals surface area contributed by atoms with E-state index in [0.29, 0.717) is 0 Å². The number of carbonyl (C=O) groups is 1. The molecule has 6 rings (SSSR count). The molecule has 1 amide bonds. The fraction of sp³-hybridized carbons (Fsp3) is 0.419. The van der Waals surface area contributed by atoms with Crippen LogP contribution in [0.1, 0.15) is 53.0 Å². The smallest absolute Gasteiger partial charge is 0.254 e. The van der Waals surface area contributed by atoms with E-state index in [1.807, 2.05) is 37.1 Å². The van der Waals surface area contributed by atoms with E-state index in [9.17, 15) is 4.79 Å². The Hall–Kier alpha value is -2.94. The molecular formula is C31H37ClN6OS. The summed E-state index contributed by atoms with van der Waals surface area (Å²) >= 11 is 1.77. The van der Waals surface area contributed by atoms with Crippen LogP contribution in [0.15, 0.2) is 47.6 Å². The van der Waals surface area contributed by atoms with Gasteiger partial charge in [0.05, 0.1) is 5.52 Å². The molecule has 2 aliphatic heterocycles. The molecule has 0 saturated heterocycles. The number of thioether (sulfide) groups is 1. The van der Waals surface area contributed by atoms with Crippen molar-refractivity contribution in [2.45, 2.75) is 57.8 Å². The second-order valence-electron chi connectivity index (χ2n) is 11.0. The lowest BCUT2D eigenvalue weighted by Crippen LogP contribution is -2.30. The number of hydrogen-bond acceptors (Lipinski definition) is 6. The van der Waals surface area contributed by atoms with Crippen LogP contribution in [0.5, 0.6) is 0 Å². The third-order valence-electron chi connectivity index (χ3n) is 8.07. The Morgan fingerprint density at radius 3 is 2.52 bits per heavy atom. The topological polar surface area (TPSA) is 67.2 Å². The molecule has 0 radical (unpaired) electrons. The van der Waals surface area contributed by atoms with Gasteiger partial charge < -0.3 is 14.4 Å². The average Bonchev–Trinajstić information content (AvgIpc) is 3.37. The first-order chi connectivity index (χ1) is 18.9. The number of fused-ring (bicyclic) bond motifs is 3. The molecule has 2 aromatic heterocycles. The number of aryl methyl sites for hydroxylation is 1. The van der Waals surface area contributed by atoms with Crippen LogP contribution in [-0.2, 0) is 26.4 Å². The van der Waals surface area contributed by atoms with Gasteiger partial charge in [0, 0.05) is 60.7 Å². The summed E-state index contributed by atoms with van der Waals surface area (Å²) in [6.45, 7) is 10.1. The van der Waals surface area contributed by atoms with Crippen molar-refractivity contribution in [1.82, 2.24) is 29.5 Å². The first-order valence-electron chi connectivity index (χ1n) is 14.0. The summed E-state index contributed by atoms with van der Waals surface area (Å²) < 4.78 is 2.10. The molecule has 0 atom stereocenters. The molecule has 210 valence electrons. The Kier molecular flexibility index (Phi) is 8.50. The number of amides is 1. The van der Waals surface area contributed by atoms with E-state index in [1.165, 1.54) is 16.7 Å². The normalized spacial score (nSPS) is 15.3. The van der Waals surface area contributed by atoms with Crippen molar-refractivity contribution < 1.29 is 4.79 Å². The Morgan fingerprint density at radius 1 is 0.975 bits per heavy atom. The summed E-state index contributed by atoms with van der Waals surface area (Å²) in [5, 5.41) is 11.1. The first kappa shape index (κ1) is 28.6. The van der Waals surface area contributed by atoms with E-state index in [4.69, 9.17) is 0 Å². The van der Waals surface area contributed by atoms with Crippen LogP contribution in [0.3, 0.4) is 0 Å². The van der Waals surface area contributed by atoms with Gasteiger partial charge in [0.25, 0.3) is 5.91 Å². The molecule has 0 spiro atoms. The number of halogens is 1. The van der Waals surface area contributed by atoms with Crippen molar-refractivity contribution in [2.75, 3.05) is 25.4 Å². The fourth-order valence-corrected chi connectivity index (χ4v) is 6.67. The van der Waals surface area contributed by atoms with E-state index < -0.39 is 0 Å². The number of carbonyl (C=O) groups excluding carboxylic acids is 1. The first-order valence-corrected chi connectivity index (χ1v) is 14.9. The van der Waals surface area contributed by atoms with E-state index >= 15 is 0 Å². The van der Waals surface area contributed by atoms with Gasteiger partial charge in [0.1, 0.15) is 0 Å². The number of benzene rings is 2. The highest BCUT2D eigenvalue weighted by Gasteiger charge is 2.30. The molecule has 0 fully saturated rings. The quantitative estimate of drug-likeness (QED) is 0.207. The zero-order chi connectivity index (χ0) is 27.1. The molecule has 0 bridgehead atoms. The predicted molar refractivity (Wildman–Crippen MR) is 164 cm³/mol. The van der Waals surface area contributed by atoms with Crippen molar-refractivity contribution in [3.05, 3.63) is 70.4 Å². The molecular weight excluding hydrogens is 540 g/mol.